The molecule has 2 aromatic carbocycles. The number of aromatic hydroxyl groups is 1. The maximum absolute atomic E-state index is 11.6. The summed E-state index contributed by atoms with van der Waals surface area (Å²) in [6, 6.07) is 8.34. The van der Waals surface area contributed by atoms with Gasteiger partial charge in [-0.25, -0.2) is 0 Å². The fraction of sp³-hybridized carbons (Fsp3) is 0.409. The molecule has 4 N–H and O–H groups in total. The van der Waals surface area contributed by atoms with Crippen LogP contribution in [0.3, 0.4) is 0 Å². The van der Waals surface area contributed by atoms with Crippen LogP contribution in [0.15, 0.2) is 30.3 Å². The fourth-order valence-electron chi connectivity index (χ4n) is 3.26. The van der Waals surface area contributed by atoms with Crippen molar-refractivity contribution in [2.45, 2.75) is 32.1 Å². The third-order valence-corrected chi connectivity index (χ3v) is 4.85. The summed E-state index contributed by atoms with van der Waals surface area (Å²) >= 11 is 0. The standard InChI is InChI=1S/C22H28N2O7/c1-13(31-15-4-7-19(28-2)20(10-15)29-3)23-11-14(25)12-30-18-8-6-17(26)22-16(18)5-9-21(27)24-22/h4,6-8,10,13-14,23,25-26H,5,9,11-12H2,1-3H3,(H,24,27). The SMILES string of the molecule is COc1ccc(OC(C)NCC(O)COc2ccc(O)c3c2CCC(=O)N3)cc1OC. The first-order chi connectivity index (χ1) is 14.9. The average molecular weight is 432 g/mol. The van der Waals surface area contributed by atoms with Crippen molar-refractivity contribution in [3.63, 3.8) is 0 Å². The van der Waals surface area contributed by atoms with Crippen molar-refractivity contribution in [1.29, 1.82) is 0 Å². The van der Waals surface area contributed by atoms with Crippen molar-refractivity contribution in [3.8, 4) is 28.7 Å². The Hall–Kier alpha value is -3.17. The molecule has 1 aliphatic heterocycles. The summed E-state index contributed by atoms with van der Waals surface area (Å²) in [6.45, 7) is 2.11. The van der Waals surface area contributed by atoms with Gasteiger partial charge in [0.1, 0.15) is 36.2 Å². The lowest BCUT2D eigenvalue weighted by molar-refractivity contribution is -0.116. The quantitative estimate of drug-likeness (QED) is 0.333. The smallest absolute Gasteiger partial charge is 0.224 e. The molecule has 168 valence electrons. The van der Waals surface area contributed by atoms with Crippen molar-refractivity contribution < 1.29 is 34.0 Å². The number of nitrogens with one attached hydrogen (secondary N) is 2. The van der Waals surface area contributed by atoms with E-state index in [0.717, 1.165) is 5.56 Å². The van der Waals surface area contributed by atoms with E-state index in [9.17, 15) is 15.0 Å². The number of hydrogen-bond donors (Lipinski definition) is 4. The number of amides is 1. The molecule has 2 unspecified atom stereocenters. The van der Waals surface area contributed by atoms with E-state index >= 15 is 0 Å². The lowest BCUT2D eigenvalue weighted by Gasteiger charge is -2.23. The molecular weight excluding hydrogens is 404 g/mol. The predicted molar refractivity (Wildman–Crippen MR) is 114 cm³/mol. The van der Waals surface area contributed by atoms with Crippen molar-refractivity contribution in [2.75, 3.05) is 32.7 Å². The van der Waals surface area contributed by atoms with Crippen LogP contribution in [0.25, 0.3) is 0 Å². The van der Waals surface area contributed by atoms with Gasteiger partial charge in [0.25, 0.3) is 0 Å². The van der Waals surface area contributed by atoms with Gasteiger partial charge in [-0.05, 0) is 37.6 Å². The molecule has 0 bridgehead atoms. The number of ether oxygens (including phenoxy) is 4. The highest BCUT2D eigenvalue weighted by molar-refractivity contribution is 5.96. The molecule has 2 atom stereocenters. The van der Waals surface area contributed by atoms with Crippen LogP contribution in [0, 0.1) is 0 Å². The van der Waals surface area contributed by atoms with Crippen molar-refractivity contribution in [3.05, 3.63) is 35.9 Å². The summed E-state index contributed by atoms with van der Waals surface area (Å²) in [4.78, 5) is 11.6. The molecule has 1 amide bonds. The molecule has 9 nitrogen and oxygen atoms in total. The fourth-order valence-corrected chi connectivity index (χ4v) is 3.26. The Morgan fingerprint density at radius 2 is 1.84 bits per heavy atom. The summed E-state index contributed by atoms with van der Waals surface area (Å²) in [5, 5.41) is 26.0. The molecule has 1 heterocycles. The van der Waals surface area contributed by atoms with Gasteiger partial charge in [-0.1, -0.05) is 0 Å². The number of hydrogen-bond acceptors (Lipinski definition) is 8. The number of anilines is 1. The van der Waals surface area contributed by atoms with Gasteiger partial charge in [-0.3, -0.25) is 10.1 Å². The van der Waals surface area contributed by atoms with Crippen LogP contribution in [0.4, 0.5) is 5.69 Å². The lowest BCUT2D eigenvalue weighted by atomic mass is 10.0. The summed E-state index contributed by atoms with van der Waals surface area (Å²) in [6.07, 6.45) is -0.374. The van der Waals surface area contributed by atoms with Crippen LogP contribution in [0.5, 0.6) is 28.7 Å². The van der Waals surface area contributed by atoms with Gasteiger partial charge < -0.3 is 34.5 Å². The molecule has 31 heavy (non-hydrogen) atoms. The summed E-state index contributed by atoms with van der Waals surface area (Å²) in [7, 11) is 3.12. The minimum atomic E-state index is -0.793. The first-order valence-electron chi connectivity index (χ1n) is 9.99. The number of phenols is 1. The zero-order valence-electron chi connectivity index (χ0n) is 17.8. The average Bonchev–Trinajstić information content (AvgIpc) is 2.77. The van der Waals surface area contributed by atoms with Gasteiger partial charge in [0.05, 0.1) is 19.9 Å². The van der Waals surface area contributed by atoms with Crippen molar-refractivity contribution in [1.82, 2.24) is 5.32 Å². The second-order valence-corrected chi connectivity index (χ2v) is 7.13. The minimum absolute atomic E-state index is 0.00116. The monoisotopic (exact) mass is 432 g/mol. The number of benzene rings is 2. The first kappa shape index (κ1) is 22.5. The number of methoxy groups -OCH3 is 2. The predicted octanol–water partition coefficient (Wildman–Crippen LogP) is 2.05. The van der Waals surface area contributed by atoms with Gasteiger partial charge >= 0.3 is 0 Å². The van der Waals surface area contributed by atoms with E-state index in [0.29, 0.717) is 41.5 Å². The van der Waals surface area contributed by atoms with Crippen LogP contribution in [-0.2, 0) is 11.2 Å². The van der Waals surface area contributed by atoms with Crippen molar-refractivity contribution in [2.24, 2.45) is 0 Å². The zero-order valence-corrected chi connectivity index (χ0v) is 17.8. The molecule has 3 rings (SSSR count). The molecule has 0 aliphatic carbocycles. The van der Waals surface area contributed by atoms with Crippen LogP contribution in [0.2, 0.25) is 0 Å². The third-order valence-electron chi connectivity index (χ3n) is 4.85. The van der Waals surface area contributed by atoms with E-state index in [4.69, 9.17) is 18.9 Å². The van der Waals surface area contributed by atoms with Crippen LogP contribution >= 0.6 is 0 Å². The zero-order chi connectivity index (χ0) is 22.4. The number of fused-ring (bicyclic) bond motifs is 1. The molecule has 2 aromatic rings. The minimum Gasteiger partial charge on any atom is -0.506 e. The van der Waals surface area contributed by atoms with E-state index in [1.165, 1.54) is 6.07 Å². The molecular formula is C22H28N2O7. The summed E-state index contributed by atoms with van der Waals surface area (Å²) < 4.78 is 22.0. The summed E-state index contributed by atoms with van der Waals surface area (Å²) in [5.41, 5.74) is 1.10. The molecule has 0 aromatic heterocycles. The van der Waals surface area contributed by atoms with Crippen LogP contribution in [-0.4, -0.2) is 55.8 Å². The van der Waals surface area contributed by atoms with Gasteiger partial charge in [-0.15, -0.1) is 0 Å². The van der Waals surface area contributed by atoms with Gasteiger partial charge in [-0.2, -0.15) is 0 Å². The molecule has 0 saturated heterocycles. The maximum Gasteiger partial charge on any atom is 0.224 e. The Morgan fingerprint density at radius 3 is 2.58 bits per heavy atom. The molecule has 0 spiro atoms. The number of aliphatic hydroxyl groups excluding tert-OH is 1. The number of rotatable bonds is 10. The van der Waals surface area contributed by atoms with Gasteiger partial charge in [0.2, 0.25) is 5.91 Å². The number of carbonyl (C=O) groups excluding carboxylic acids is 1. The second-order valence-electron chi connectivity index (χ2n) is 7.13. The number of aliphatic hydroxyl groups is 1. The Labute approximate surface area is 180 Å². The Balaban J connectivity index is 1.49. The van der Waals surface area contributed by atoms with Crippen LogP contribution in [0.1, 0.15) is 18.9 Å². The third kappa shape index (κ3) is 5.71. The highest BCUT2D eigenvalue weighted by Crippen LogP contribution is 2.38. The number of carbonyl (C=O) groups is 1. The molecule has 9 heteroatoms. The Kier molecular flexibility index (Phi) is 7.43. The maximum atomic E-state index is 11.6. The van der Waals surface area contributed by atoms with Gasteiger partial charge in [0, 0.05) is 24.6 Å². The molecule has 0 radical (unpaired) electrons. The lowest BCUT2D eigenvalue weighted by Crippen LogP contribution is -2.39. The Bertz CT molecular complexity index is 919. The van der Waals surface area contributed by atoms with E-state index in [1.54, 1.807) is 38.5 Å². The van der Waals surface area contributed by atoms with E-state index in [1.807, 2.05) is 6.92 Å². The van der Waals surface area contributed by atoms with Crippen molar-refractivity contribution >= 4 is 11.6 Å². The topological polar surface area (TPSA) is 119 Å². The second kappa shape index (κ2) is 10.2. The van der Waals surface area contributed by atoms with E-state index < -0.39 is 6.10 Å². The van der Waals surface area contributed by atoms with Crippen LogP contribution < -0.4 is 29.6 Å². The van der Waals surface area contributed by atoms with E-state index in [2.05, 4.69) is 10.6 Å². The normalized spacial score (nSPS) is 14.8. The molecule has 0 saturated carbocycles. The number of phenolic OH excluding ortho intramolecular Hbond substituents is 1. The van der Waals surface area contributed by atoms with Gasteiger partial charge in [0.15, 0.2) is 11.5 Å². The molecule has 1 aliphatic rings. The largest absolute Gasteiger partial charge is 0.506 e. The van der Waals surface area contributed by atoms with E-state index in [-0.39, 0.29) is 31.0 Å². The summed E-state index contributed by atoms with van der Waals surface area (Å²) in [5.74, 6) is 2.15. The highest BCUT2D eigenvalue weighted by atomic mass is 16.5. The highest BCUT2D eigenvalue weighted by Gasteiger charge is 2.22. The molecule has 0 fully saturated rings. The Morgan fingerprint density at radius 1 is 1.10 bits per heavy atom. The first-order valence-corrected chi connectivity index (χ1v) is 9.99.